The van der Waals surface area contributed by atoms with Gasteiger partial charge in [0.05, 0.1) is 46.2 Å². The fourth-order valence-corrected chi connectivity index (χ4v) is 11.5. The molecule has 0 saturated carbocycles. The Kier molecular flexibility index (Phi) is 36.6. The number of hydrogen-bond acceptors (Lipinski definition) is 28. The highest BCUT2D eigenvalue weighted by Crippen LogP contribution is 2.38. The van der Waals surface area contributed by atoms with Crippen molar-refractivity contribution in [1.29, 1.82) is 0 Å². The van der Waals surface area contributed by atoms with Crippen LogP contribution in [0.15, 0.2) is 0 Å². The number of aliphatic hydroxyl groups excluding tert-OH is 16. The van der Waals surface area contributed by atoms with Gasteiger partial charge in [0, 0.05) is 13.2 Å². The molecule has 5 aliphatic rings. The smallest absolute Gasteiger partial charge is 0.187 e. The lowest BCUT2D eigenvalue weighted by atomic mass is 9.95. The fourth-order valence-electron chi connectivity index (χ4n) is 11.5. The molecule has 5 fully saturated rings. The van der Waals surface area contributed by atoms with Gasteiger partial charge in [-0.05, 0) is 12.8 Å². The first-order valence-electron chi connectivity index (χ1n) is 32.2. The average molecular weight is 1270 g/mol. The summed E-state index contributed by atoms with van der Waals surface area (Å²) >= 11 is 0. The van der Waals surface area contributed by atoms with E-state index in [1.54, 1.807) is 0 Å². The monoisotopic (exact) mass is 1270 g/mol. The lowest BCUT2D eigenvalue weighted by Crippen LogP contribution is -2.69. The second kappa shape index (κ2) is 41.6. The Morgan fingerprint density at radius 2 is 0.586 bits per heavy atom. The van der Waals surface area contributed by atoms with Gasteiger partial charge in [-0.1, -0.05) is 142 Å². The molecule has 5 rings (SSSR count). The third kappa shape index (κ3) is 23.4. The Morgan fingerprint density at radius 3 is 0.931 bits per heavy atom. The summed E-state index contributed by atoms with van der Waals surface area (Å²) in [5.41, 5.74) is 0. The van der Waals surface area contributed by atoms with Crippen molar-refractivity contribution in [3.8, 4) is 0 Å². The van der Waals surface area contributed by atoms with Crippen molar-refractivity contribution in [2.75, 3.05) is 59.5 Å². The van der Waals surface area contributed by atoms with Gasteiger partial charge in [-0.2, -0.15) is 0 Å². The molecule has 514 valence electrons. The molecule has 5 heterocycles. The molecule has 5 aliphatic heterocycles. The zero-order chi connectivity index (χ0) is 63.4. The largest absolute Gasteiger partial charge is 0.394 e. The summed E-state index contributed by atoms with van der Waals surface area (Å²) in [6.07, 6.45) is -24.6. The second-order valence-corrected chi connectivity index (χ2v) is 23.9. The molecule has 0 aliphatic carbocycles. The van der Waals surface area contributed by atoms with Gasteiger partial charge in [0.1, 0.15) is 128 Å². The van der Waals surface area contributed by atoms with Crippen molar-refractivity contribution in [2.45, 2.75) is 315 Å². The number of hydrogen-bond donors (Lipinski definition) is 16. The molecular weight excluding hydrogens is 1160 g/mol. The van der Waals surface area contributed by atoms with E-state index >= 15 is 0 Å². The van der Waals surface area contributed by atoms with E-state index in [9.17, 15) is 81.7 Å². The van der Waals surface area contributed by atoms with Gasteiger partial charge in [0.25, 0.3) is 0 Å². The van der Waals surface area contributed by atoms with Crippen molar-refractivity contribution in [1.82, 2.24) is 0 Å². The molecule has 0 aromatic carbocycles. The summed E-state index contributed by atoms with van der Waals surface area (Å²) < 4.78 is 74.3. The maximum absolute atomic E-state index is 11.5. The quantitative estimate of drug-likeness (QED) is 0.0297. The number of unbranched alkanes of at least 4 members (excludes halogenated alkanes) is 20. The Morgan fingerprint density at radius 1 is 0.299 bits per heavy atom. The van der Waals surface area contributed by atoms with Crippen LogP contribution in [0.25, 0.3) is 0 Å². The van der Waals surface area contributed by atoms with Crippen LogP contribution in [0.4, 0.5) is 0 Å². The molecule has 0 aromatic heterocycles. The topological polar surface area (TPSA) is 434 Å². The number of rotatable bonds is 43. The van der Waals surface area contributed by atoms with Gasteiger partial charge in [-0.15, -0.1) is 0 Å². The molecular formula is C59H110O28. The predicted octanol–water partition coefficient (Wildman–Crippen LogP) is -1.88. The summed E-state index contributed by atoms with van der Waals surface area (Å²) in [6, 6.07) is 0. The van der Waals surface area contributed by atoms with Crippen LogP contribution in [0.5, 0.6) is 0 Å². The van der Waals surface area contributed by atoms with Crippen LogP contribution >= 0.6 is 0 Å². The van der Waals surface area contributed by atoms with Gasteiger partial charge >= 0.3 is 0 Å². The highest BCUT2D eigenvalue weighted by Gasteiger charge is 2.58. The molecule has 0 bridgehead atoms. The fraction of sp³-hybridized carbons (Fsp3) is 1.00. The molecule has 10 unspecified atom stereocenters. The SMILES string of the molecule is CCCCCCCCCCCCCOCC(COCCCCCCCCCCCCC)O[C@@H]1OC(CO[C@@H]2OC(CO)[C@@H](O)[C@H](O)C2O)[C@@H](O[C@@H]2OC(CO)[C@@H](O)[C@H](O)C2O)[C@H](O[C@@H]2OC(CO)[C@@H](O)[C@H](O)C2O)C1O[C@@H]1OC(CO)[C@@H](O)[C@H](O)C1O. The second-order valence-electron chi connectivity index (χ2n) is 23.9. The van der Waals surface area contributed by atoms with Gasteiger partial charge in [0.2, 0.25) is 0 Å². The molecule has 28 heteroatoms. The Bertz CT molecular complexity index is 1720. The zero-order valence-electron chi connectivity index (χ0n) is 51.0. The van der Waals surface area contributed by atoms with Crippen LogP contribution in [0.1, 0.15) is 155 Å². The lowest BCUT2D eigenvalue weighted by Gasteiger charge is -2.51. The highest BCUT2D eigenvalue weighted by atomic mass is 16.8. The van der Waals surface area contributed by atoms with Crippen molar-refractivity contribution < 1.29 is 139 Å². The van der Waals surface area contributed by atoms with E-state index in [0.29, 0.717) is 26.1 Å². The maximum Gasteiger partial charge on any atom is 0.187 e. The van der Waals surface area contributed by atoms with Gasteiger partial charge in [0.15, 0.2) is 31.5 Å². The summed E-state index contributed by atoms with van der Waals surface area (Å²) in [7, 11) is 0. The van der Waals surface area contributed by atoms with Crippen molar-refractivity contribution in [3.05, 3.63) is 0 Å². The van der Waals surface area contributed by atoms with Crippen molar-refractivity contribution >= 4 is 0 Å². The van der Waals surface area contributed by atoms with Crippen LogP contribution in [-0.4, -0.2) is 301 Å². The molecule has 25 atom stereocenters. The van der Waals surface area contributed by atoms with Crippen molar-refractivity contribution in [3.63, 3.8) is 0 Å². The third-order valence-electron chi connectivity index (χ3n) is 17.0. The highest BCUT2D eigenvalue weighted by molar-refractivity contribution is 5.00. The Labute approximate surface area is 511 Å². The van der Waals surface area contributed by atoms with Crippen LogP contribution in [0.3, 0.4) is 0 Å². The first-order chi connectivity index (χ1) is 42.0. The van der Waals surface area contributed by atoms with E-state index in [4.69, 9.17) is 56.8 Å². The Balaban J connectivity index is 1.52. The van der Waals surface area contributed by atoms with Crippen LogP contribution < -0.4 is 0 Å². The summed E-state index contributed by atoms with van der Waals surface area (Å²) in [6.45, 7) is 0.249. The molecule has 0 radical (unpaired) electrons. The number of aliphatic hydroxyl groups is 16. The van der Waals surface area contributed by atoms with E-state index in [1.807, 2.05) is 0 Å². The lowest BCUT2D eigenvalue weighted by molar-refractivity contribution is -0.415. The first-order valence-corrected chi connectivity index (χ1v) is 32.2. The predicted molar refractivity (Wildman–Crippen MR) is 304 cm³/mol. The average Bonchev–Trinajstić information content (AvgIpc) is 1.57. The minimum Gasteiger partial charge on any atom is -0.394 e. The first kappa shape index (κ1) is 76.6. The normalized spacial score (nSPS) is 38.6. The molecule has 5 saturated heterocycles. The van der Waals surface area contributed by atoms with E-state index in [-0.39, 0.29) is 13.2 Å². The van der Waals surface area contributed by atoms with Crippen LogP contribution in [0, 0.1) is 0 Å². The molecule has 0 amide bonds. The third-order valence-corrected chi connectivity index (χ3v) is 17.0. The minimum absolute atomic E-state index is 0.141. The summed E-state index contributed by atoms with van der Waals surface area (Å²) in [5, 5.41) is 173. The van der Waals surface area contributed by atoms with E-state index in [2.05, 4.69) is 13.8 Å². The van der Waals surface area contributed by atoms with Crippen LogP contribution in [0.2, 0.25) is 0 Å². The summed E-state index contributed by atoms with van der Waals surface area (Å²) in [4.78, 5) is 0. The Hall–Kier alpha value is -1.12. The molecule has 87 heavy (non-hydrogen) atoms. The van der Waals surface area contributed by atoms with Gasteiger partial charge in [-0.25, -0.2) is 0 Å². The molecule has 28 nitrogen and oxygen atoms in total. The summed E-state index contributed by atoms with van der Waals surface area (Å²) in [5.74, 6) is 0. The van der Waals surface area contributed by atoms with Crippen molar-refractivity contribution in [2.24, 2.45) is 0 Å². The molecule has 16 N–H and O–H groups in total. The molecule has 0 spiro atoms. The standard InChI is InChI=1S/C59H110O28/c1-3-5-7-9-11-13-15-17-19-21-23-25-76-31-34(32-77-26-24-22-20-18-16-14-12-10-8-6-4-2)79-59-54(87-58-51(75)47(71)43(67)38(30-63)83-58)53(86-57-50(74)46(70)42(66)37(29-62)82-57)52(85-56-49(73)45(69)41(65)36(28-61)81-56)39(84-59)33-78-55-48(72)44(68)40(64)35(27-60)80-55/h34-75H,3-33H2,1-2H3/t35?,36?,37?,38?,39?,40-,41-,42-,43-,44+,45+,46+,47+,48?,49?,50?,51?,52-,53+,54?,55-,56+,57+,58+,59-/m1/s1. The van der Waals surface area contributed by atoms with E-state index < -0.39 is 193 Å². The van der Waals surface area contributed by atoms with E-state index in [1.165, 1.54) is 77.0 Å². The van der Waals surface area contributed by atoms with Gasteiger partial charge < -0.3 is 139 Å². The molecule has 0 aromatic rings. The van der Waals surface area contributed by atoms with Gasteiger partial charge in [-0.3, -0.25) is 0 Å². The minimum atomic E-state index is -2.16. The maximum atomic E-state index is 11.5. The number of ether oxygens (including phenoxy) is 12. The zero-order valence-corrected chi connectivity index (χ0v) is 51.0. The van der Waals surface area contributed by atoms with Crippen LogP contribution in [-0.2, 0) is 56.8 Å². The van der Waals surface area contributed by atoms with E-state index in [0.717, 1.165) is 51.4 Å².